The summed E-state index contributed by atoms with van der Waals surface area (Å²) in [6.45, 7) is 0. The molecule has 0 saturated carbocycles. The highest BCUT2D eigenvalue weighted by Gasteiger charge is 2.23. The lowest BCUT2D eigenvalue weighted by atomic mass is 9.97. The van der Waals surface area contributed by atoms with Crippen molar-refractivity contribution in [2.45, 2.75) is 30.8 Å². The molecule has 0 bridgehead atoms. The highest BCUT2D eigenvalue weighted by molar-refractivity contribution is 7.99. The molecule has 1 amide bonds. The molecule has 0 unspecified atom stereocenters. The molecule has 38 heavy (non-hydrogen) atoms. The third-order valence-electron chi connectivity index (χ3n) is 6.13. The van der Waals surface area contributed by atoms with Crippen molar-refractivity contribution in [1.29, 1.82) is 0 Å². The molecular weight excluding hydrogens is 526 g/mol. The number of rotatable bonds is 8. The fourth-order valence-electron chi connectivity index (χ4n) is 4.27. The number of nitrogens with zero attached hydrogens (tertiary/aromatic N) is 4. The molecule has 0 atom stereocenters. The Balaban J connectivity index is 1.39. The Bertz CT molecular complexity index is 1590. The molecule has 0 radical (unpaired) electrons. The van der Waals surface area contributed by atoms with E-state index in [2.05, 4.69) is 10.5 Å². The summed E-state index contributed by atoms with van der Waals surface area (Å²) in [6.07, 6.45) is 5.39. The Morgan fingerprint density at radius 1 is 1.21 bits per heavy atom. The normalized spacial score (nSPS) is 13.0. The number of amides is 1. The summed E-state index contributed by atoms with van der Waals surface area (Å²) in [6, 6.07) is 13.0. The van der Waals surface area contributed by atoms with Gasteiger partial charge in [-0.2, -0.15) is 5.10 Å². The topological polar surface area (TPSA) is 129 Å². The van der Waals surface area contributed by atoms with Gasteiger partial charge in [-0.25, -0.2) is 10.4 Å². The number of thioether (sulfide) groups is 1. The minimum atomic E-state index is -0.484. The molecule has 4 aromatic rings. The maximum absolute atomic E-state index is 13.8. The molecule has 1 aliphatic rings. The number of aryl methyl sites for hydroxylation is 2. The number of carbonyl (C=O) groups excluding carboxylic acids is 1. The summed E-state index contributed by atoms with van der Waals surface area (Å²) >= 11 is 2.72. The third-order valence-corrected chi connectivity index (χ3v) is 8.25. The molecule has 0 aliphatic heterocycles. The molecule has 0 fully saturated rings. The molecule has 5 rings (SSSR count). The Morgan fingerprint density at radius 2 is 1.95 bits per heavy atom. The number of thiophene rings is 1. The standard InChI is InChI=1S/C26H23N5O5S2/c1-36-19-12-10-17(11-13-19)30-25(33)23-20-4-2-3-5-21(20)38-24(23)28-26(30)37-15-22(32)29-27-14-16-6-8-18(9-7-16)31(34)35/h6-14H,2-5,15H2,1H3,(H,29,32). The van der Waals surface area contributed by atoms with Crippen LogP contribution >= 0.6 is 23.1 Å². The van der Waals surface area contributed by atoms with E-state index < -0.39 is 4.92 Å². The monoisotopic (exact) mass is 549 g/mol. The predicted molar refractivity (Wildman–Crippen MR) is 148 cm³/mol. The number of nitro benzene ring substituents is 1. The number of fused-ring (bicyclic) bond motifs is 3. The number of nitrogens with one attached hydrogen (secondary N) is 1. The van der Waals surface area contributed by atoms with Crippen LogP contribution in [0.15, 0.2) is 63.6 Å². The van der Waals surface area contributed by atoms with Gasteiger partial charge in [0.15, 0.2) is 5.16 Å². The van der Waals surface area contributed by atoms with Gasteiger partial charge >= 0.3 is 0 Å². The number of hydrazone groups is 1. The Kier molecular flexibility index (Phi) is 7.52. The van der Waals surface area contributed by atoms with Crippen LogP contribution in [0.5, 0.6) is 5.75 Å². The van der Waals surface area contributed by atoms with E-state index in [0.717, 1.165) is 43.0 Å². The fourth-order valence-corrected chi connectivity index (χ4v) is 6.37. The first kappa shape index (κ1) is 25.6. The number of aromatic nitrogens is 2. The molecular formula is C26H23N5O5S2. The summed E-state index contributed by atoms with van der Waals surface area (Å²) in [5.74, 6) is 0.272. The smallest absolute Gasteiger partial charge is 0.269 e. The minimum absolute atomic E-state index is 0.0171. The van der Waals surface area contributed by atoms with Gasteiger partial charge in [0, 0.05) is 17.0 Å². The van der Waals surface area contributed by atoms with Crippen molar-refractivity contribution in [3.05, 3.63) is 85.0 Å². The van der Waals surface area contributed by atoms with Crippen LogP contribution in [-0.2, 0) is 17.6 Å². The van der Waals surface area contributed by atoms with Gasteiger partial charge in [-0.05, 0) is 73.2 Å². The van der Waals surface area contributed by atoms with Crippen LogP contribution in [0.1, 0.15) is 28.8 Å². The van der Waals surface area contributed by atoms with Gasteiger partial charge < -0.3 is 4.74 Å². The molecule has 0 spiro atoms. The second kappa shape index (κ2) is 11.2. The van der Waals surface area contributed by atoms with Crippen molar-refractivity contribution in [2.24, 2.45) is 5.10 Å². The zero-order chi connectivity index (χ0) is 26.6. The Labute approximate surface area is 225 Å². The predicted octanol–water partition coefficient (Wildman–Crippen LogP) is 4.49. The molecule has 2 heterocycles. The number of nitro groups is 1. The highest BCUT2D eigenvalue weighted by atomic mass is 32.2. The number of benzene rings is 2. The van der Waals surface area contributed by atoms with Gasteiger partial charge in [-0.1, -0.05) is 11.8 Å². The first-order valence-electron chi connectivity index (χ1n) is 11.9. The molecule has 194 valence electrons. The maximum atomic E-state index is 13.8. The van der Waals surface area contributed by atoms with Gasteiger partial charge in [-0.15, -0.1) is 11.3 Å². The number of carbonyl (C=O) groups is 1. The lowest BCUT2D eigenvalue weighted by Crippen LogP contribution is -2.24. The lowest BCUT2D eigenvalue weighted by Gasteiger charge is -2.14. The zero-order valence-electron chi connectivity index (χ0n) is 20.4. The van der Waals surface area contributed by atoms with E-state index in [9.17, 15) is 19.7 Å². The molecule has 10 nitrogen and oxygen atoms in total. The van der Waals surface area contributed by atoms with Gasteiger partial charge in [0.25, 0.3) is 17.2 Å². The van der Waals surface area contributed by atoms with Crippen LogP contribution in [0.4, 0.5) is 5.69 Å². The van der Waals surface area contributed by atoms with E-state index >= 15 is 0 Å². The zero-order valence-corrected chi connectivity index (χ0v) is 22.0. The van der Waals surface area contributed by atoms with E-state index in [1.54, 1.807) is 47.3 Å². The minimum Gasteiger partial charge on any atom is -0.497 e. The van der Waals surface area contributed by atoms with Crippen molar-refractivity contribution < 1.29 is 14.5 Å². The number of methoxy groups -OCH3 is 1. The van der Waals surface area contributed by atoms with Crippen LogP contribution in [0.3, 0.4) is 0 Å². The van der Waals surface area contributed by atoms with Crippen molar-refractivity contribution in [3.63, 3.8) is 0 Å². The first-order chi connectivity index (χ1) is 18.4. The van der Waals surface area contributed by atoms with E-state index in [-0.39, 0.29) is 22.9 Å². The van der Waals surface area contributed by atoms with Crippen molar-refractivity contribution >= 4 is 51.1 Å². The van der Waals surface area contributed by atoms with Crippen LogP contribution in [0.25, 0.3) is 15.9 Å². The third kappa shape index (κ3) is 5.31. The molecule has 12 heteroatoms. The van der Waals surface area contributed by atoms with Gasteiger partial charge in [0.05, 0.1) is 35.1 Å². The molecule has 1 N–H and O–H groups in total. The second-order valence-electron chi connectivity index (χ2n) is 8.55. The fraction of sp³-hybridized carbons (Fsp3) is 0.231. The summed E-state index contributed by atoms with van der Waals surface area (Å²) in [7, 11) is 1.58. The van der Waals surface area contributed by atoms with Crippen molar-refractivity contribution in [2.75, 3.05) is 12.9 Å². The molecule has 2 aromatic heterocycles. The molecule has 2 aromatic carbocycles. The lowest BCUT2D eigenvalue weighted by molar-refractivity contribution is -0.384. The van der Waals surface area contributed by atoms with Crippen LogP contribution < -0.4 is 15.7 Å². The number of ether oxygens (including phenoxy) is 1. The molecule has 1 aliphatic carbocycles. The highest BCUT2D eigenvalue weighted by Crippen LogP contribution is 2.35. The van der Waals surface area contributed by atoms with Crippen LogP contribution in [0, 0.1) is 10.1 Å². The SMILES string of the molecule is COc1ccc(-n2c(SCC(=O)NN=Cc3ccc([N+](=O)[O-])cc3)nc3sc4c(c3c2=O)CCCC4)cc1. The summed E-state index contributed by atoms with van der Waals surface area (Å²) in [5, 5.41) is 15.8. The quantitative estimate of drug-likeness (QED) is 0.113. The van der Waals surface area contributed by atoms with Gasteiger partial charge in [0.1, 0.15) is 10.6 Å². The number of hydrogen-bond donors (Lipinski definition) is 1. The van der Waals surface area contributed by atoms with E-state index in [4.69, 9.17) is 9.72 Å². The Hall–Kier alpha value is -4.03. The van der Waals surface area contributed by atoms with Crippen molar-refractivity contribution in [3.8, 4) is 11.4 Å². The van der Waals surface area contributed by atoms with Crippen LogP contribution in [-0.4, -0.2) is 39.5 Å². The van der Waals surface area contributed by atoms with Gasteiger partial charge in [0.2, 0.25) is 0 Å². The van der Waals surface area contributed by atoms with E-state index in [0.29, 0.717) is 32.4 Å². The largest absolute Gasteiger partial charge is 0.497 e. The first-order valence-corrected chi connectivity index (χ1v) is 13.7. The maximum Gasteiger partial charge on any atom is 0.269 e. The van der Waals surface area contributed by atoms with Crippen LogP contribution in [0.2, 0.25) is 0 Å². The second-order valence-corrected chi connectivity index (χ2v) is 10.6. The molecule has 0 saturated heterocycles. The van der Waals surface area contributed by atoms with Crippen molar-refractivity contribution in [1.82, 2.24) is 15.0 Å². The Morgan fingerprint density at radius 3 is 2.66 bits per heavy atom. The number of non-ortho nitro benzene ring substituents is 1. The average Bonchev–Trinajstić information content (AvgIpc) is 3.31. The van der Waals surface area contributed by atoms with E-state index in [1.807, 2.05) is 0 Å². The average molecular weight is 550 g/mol. The summed E-state index contributed by atoms with van der Waals surface area (Å²) < 4.78 is 6.82. The number of hydrogen-bond acceptors (Lipinski definition) is 9. The van der Waals surface area contributed by atoms with E-state index in [1.165, 1.54) is 35.4 Å². The summed E-state index contributed by atoms with van der Waals surface area (Å²) in [4.78, 5) is 43.4. The van der Waals surface area contributed by atoms with Gasteiger partial charge in [-0.3, -0.25) is 24.3 Å². The summed E-state index contributed by atoms with van der Waals surface area (Å²) in [5.41, 5.74) is 4.63.